The van der Waals surface area contributed by atoms with Crippen LogP contribution >= 0.6 is 0 Å². The van der Waals surface area contributed by atoms with Crippen LogP contribution in [-0.4, -0.2) is 35.0 Å². The SMILES string of the molecule is CCC=N[SiH2]C(OCC)OCC. The Morgan fingerprint density at radius 3 is 2.25 bits per heavy atom. The Balaban J connectivity index is 3.54. The van der Waals surface area contributed by atoms with Crippen molar-refractivity contribution in [2.24, 2.45) is 4.66 Å². The van der Waals surface area contributed by atoms with Crippen molar-refractivity contribution >= 4 is 15.9 Å². The zero-order valence-electron chi connectivity index (χ0n) is 8.25. The number of rotatable bonds is 7. The summed E-state index contributed by atoms with van der Waals surface area (Å²) in [5.74, 6) is -0.0252. The van der Waals surface area contributed by atoms with Gasteiger partial charge < -0.3 is 14.1 Å². The third-order valence-corrected chi connectivity index (χ3v) is 2.51. The molecule has 0 aliphatic carbocycles. The van der Waals surface area contributed by atoms with Crippen LogP contribution in [0.1, 0.15) is 27.2 Å². The van der Waals surface area contributed by atoms with Crippen LogP contribution in [0.5, 0.6) is 0 Å². The number of ether oxygens (including phenoxy) is 2. The van der Waals surface area contributed by atoms with Crippen molar-refractivity contribution in [3.05, 3.63) is 0 Å². The predicted octanol–water partition coefficient (Wildman–Crippen LogP) is 0.908. The van der Waals surface area contributed by atoms with Crippen LogP contribution in [0.15, 0.2) is 4.66 Å². The first kappa shape index (κ1) is 11.8. The lowest BCUT2D eigenvalue weighted by Gasteiger charge is -2.13. The van der Waals surface area contributed by atoms with Crippen molar-refractivity contribution < 1.29 is 9.47 Å². The zero-order valence-corrected chi connectivity index (χ0v) is 9.66. The third-order valence-electron chi connectivity index (χ3n) is 1.27. The molecule has 0 aromatic rings. The average molecular weight is 189 g/mol. The molecule has 72 valence electrons. The summed E-state index contributed by atoms with van der Waals surface area (Å²) >= 11 is 0. The molecule has 0 saturated carbocycles. The summed E-state index contributed by atoms with van der Waals surface area (Å²) in [4.78, 5) is 0. The van der Waals surface area contributed by atoms with Gasteiger partial charge in [-0.3, -0.25) is 0 Å². The summed E-state index contributed by atoms with van der Waals surface area (Å²) in [6.45, 7) is 7.45. The molecule has 0 bridgehead atoms. The normalized spacial score (nSPS) is 12.7. The van der Waals surface area contributed by atoms with Crippen molar-refractivity contribution in [2.75, 3.05) is 13.2 Å². The van der Waals surface area contributed by atoms with E-state index >= 15 is 0 Å². The average Bonchev–Trinajstić information content (AvgIpc) is 2.06. The molecule has 0 aliphatic heterocycles. The van der Waals surface area contributed by atoms with Gasteiger partial charge in [-0.1, -0.05) is 6.92 Å². The molecule has 0 heterocycles. The van der Waals surface area contributed by atoms with Gasteiger partial charge in [-0.05, 0) is 26.5 Å². The standard InChI is InChI=1S/C8H19NO2Si/c1-4-7-9-12-8(10-5-2)11-6-3/h7-8H,4-6,12H2,1-3H3. The Bertz CT molecular complexity index is 114. The molecule has 0 aromatic heterocycles. The van der Waals surface area contributed by atoms with Gasteiger partial charge in [-0.15, -0.1) is 0 Å². The molecule has 0 atom stereocenters. The number of nitrogens with zero attached hydrogens (tertiary/aromatic N) is 1. The Morgan fingerprint density at radius 2 is 1.83 bits per heavy atom. The first-order valence-corrected chi connectivity index (χ1v) is 6.01. The second-order valence-corrected chi connectivity index (χ2v) is 3.69. The van der Waals surface area contributed by atoms with Gasteiger partial charge >= 0.3 is 0 Å². The smallest absolute Gasteiger partial charge is 0.213 e. The molecule has 0 amide bonds. The minimum Gasteiger partial charge on any atom is -0.355 e. The first-order valence-electron chi connectivity index (χ1n) is 4.56. The quantitative estimate of drug-likeness (QED) is 0.338. The number of hydrogen-bond acceptors (Lipinski definition) is 3. The molecule has 0 spiro atoms. The van der Waals surface area contributed by atoms with Gasteiger partial charge in [0.2, 0.25) is 9.68 Å². The molecule has 0 unspecified atom stereocenters. The molecule has 0 saturated heterocycles. The molecule has 0 N–H and O–H groups in total. The summed E-state index contributed by atoms with van der Waals surface area (Å²) < 4.78 is 15.0. The zero-order chi connectivity index (χ0) is 9.23. The molecule has 0 radical (unpaired) electrons. The minimum atomic E-state index is -0.583. The Labute approximate surface area is 77.1 Å². The van der Waals surface area contributed by atoms with Gasteiger partial charge in [0.1, 0.15) is 0 Å². The van der Waals surface area contributed by atoms with Gasteiger partial charge in [-0.2, -0.15) is 0 Å². The molecule has 3 nitrogen and oxygen atoms in total. The van der Waals surface area contributed by atoms with Crippen molar-refractivity contribution in [2.45, 2.75) is 33.1 Å². The van der Waals surface area contributed by atoms with Crippen molar-refractivity contribution in [1.29, 1.82) is 0 Å². The highest BCUT2D eigenvalue weighted by atomic mass is 28.2. The first-order chi connectivity index (χ1) is 5.85. The van der Waals surface area contributed by atoms with Gasteiger partial charge in [0.25, 0.3) is 0 Å². The molecule has 12 heavy (non-hydrogen) atoms. The maximum Gasteiger partial charge on any atom is 0.213 e. The maximum absolute atomic E-state index is 5.35. The van der Waals surface area contributed by atoms with Crippen molar-refractivity contribution in [3.8, 4) is 0 Å². The lowest BCUT2D eigenvalue weighted by atomic mass is 10.6. The second kappa shape index (κ2) is 8.90. The van der Waals surface area contributed by atoms with E-state index in [0.29, 0.717) is 13.2 Å². The third kappa shape index (κ3) is 6.51. The van der Waals surface area contributed by atoms with Crippen LogP contribution in [0.3, 0.4) is 0 Å². The molecular weight excluding hydrogens is 170 g/mol. The summed E-state index contributed by atoms with van der Waals surface area (Å²) in [6.07, 6.45) is 2.94. The molecule has 0 aliphatic rings. The van der Waals surface area contributed by atoms with E-state index in [9.17, 15) is 0 Å². The summed E-state index contributed by atoms with van der Waals surface area (Å²) in [7, 11) is -0.583. The van der Waals surface area contributed by atoms with Crippen LogP contribution in [0.2, 0.25) is 0 Å². The largest absolute Gasteiger partial charge is 0.355 e. The summed E-state index contributed by atoms with van der Waals surface area (Å²) in [5, 5.41) is 0. The maximum atomic E-state index is 5.35. The Hall–Kier alpha value is -0.193. The van der Waals surface area contributed by atoms with E-state index in [4.69, 9.17) is 9.47 Å². The molecule has 4 heteroatoms. The topological polar surface area (TPSA) is 30.8 Å². The van der Waals surface area contributed by atoms with Crippen molar-refractivity contribution in [3.63, 3.8) is 0 Å². The lowest BCUT2D eigenvalue weighted by molar-refractivity contribution is -0.0826. The van der Waals surface area contributed by atoms with Crippen LogP contribution in [0.25, 0.3) is 0 Å². The Kier molecular flexibility index (Phi) is 8.76. The number of hydrogen-bond donors (Lipinski definition) is 0. The highest BCUT2D eigenvalue weighted by molar-refractivity contribution is 6.35. The van der Waals surface area contributed by atoms with Gasteiger partial charge in [0.05, 0.1) is 0 Å². The Morgan fingerprint density at radius 1 is 1.25 bits per heavy atom. The fourth-order valence-corrected chi connectivity index (χ4v) is 2.08. The van der Waals surface area contributed by atoms with Crippen LogP contribution in [0.4, 0.5) is 0 Å². The van der Waals surface area contributed by atoms with Gasteiger partial charge in [0, 0.05) is 13.2 Å². The molecule has 0 aromatic carbocycles. The van der Waals surface area contributed by atoms with E-state index in [1.54, 1.807) is 0 Å². The van der Waals surface area contributed by atoms with E-state index in [1.165, 1.54) is 0 Å². The van der Waals surface area contributed by atoms with E-state index in [-0.39, 0.29) is 5.91 Å². The summed E-state index contributed by atoms with van der Waals surface area (Å²) in [5.41, 5.74) is 0. The summed E-state index contributed by atoms with van der Waals surface area (Å²) in [6, 6.07) is 0. The van der Waals surface area contributed by atoms with Crippen LogP contribution in [0, 0.1) is 0 Å². The van der Waals surface area contributed by atoms with Crippen LogP contribution < -0.4 is 0 Å². The molecule has 0 fully saturated rings. The second-order valence-electron chi connectivity index (χ2n) is 2.30. The van der Waals surface area contributed by atoms with Gasteiger partial charge in [0.15, 0.2) is 5.91 Å². The van der Waals surface area contributed by atoms with Crippen molar-refractivity contribution in [1.82, 2.24) is 0 Å². The van der Waals surface area contributed by atoms with Crippen LogP contribution in [-0.2, 0) is 9.47 Å². The lowest BCUT2D eigenvalue weighted by Crippen LogP contribution is -2.23. The fraction of sp³-hybridized carbons (Fsp3) is 0.875. The van der Waals surface area contributed by atoms with Gasteiger partial charge in [-0.25, -0.2) is 0 Å². The molecule has 0 rings (SSSR count). The van der Waals surface area contributed by atoms with E-state index in [0.717, 1.165) is 6.42 Å². The predicted molar refractivity (Wildman–Crippen MR) is 54.4 cm³/mol. The van der Waals surface area contributed by atoms with E-state index < -0.39 is 9.68 Å². The highest BCUT2D eigenvalue weighted by Crippen LogP contribution is 1.92. The highest BCUT2D eigenvalue weighted by Gasteiger charge is 2.05. The molecular formula is C8H19NO2Si. The monoisotopic (exact) mass is 189 g/mol. The van der Waals surface area contributed by atoms with E-state index in [2.05, 4.69) is 11.6 Å². The van der Waals surface area contributed by atoms with E-state index in [1.807, 2.05) is 20.1 Å². The minimum absolute atomic E-state index is 0.0252. The fourth-order valence-electron chi connectivity index (χ4n) is 0.815.